The van der Waals surface area contributed by atoms with Crippen LogP contribution in [0.25, 0.3) is 12.2 Å². The van der Waals surface area contributed by atoms with Gasteiger partial charge in [0.05, 0.1) is 12.0 Å². The molecule has 2 aromatic heterocycles. The number of nitrogens with one attached hydrogen (secondary N) is 3. The molecule has 0 radical (unpaired) electrons. The number of hydrogen-bond donors (Lipinski definition) is 3. The van der Waals surface area contributed by atoms with Crippen LogP contribution in [0.15, 0.2) is 46.2 Å². The predicted octanol–water partition coefficient (Wildman–Crippen LogP) is 1.32. The number of H-pyrrole nitrogens is 3. The molecule has 7 heteroatoms. The highest BCUT2D eigenvalue weighted by atomic mass is 79.9. The lowest BCUT2D eigenvalue weighted by molar-refractivity contribution is 0.571. The second-order valence-corrected chi connectivity index (χ2v) is 6.85. The maximum atomic E-state index is 12.4. The smallest absolute Gasteiger partial charge is 0.272 e. The number of aromatic nitrogens is 4. The summed E-state index contributed by atoms with van der Waals surface area (Å²) in [5.74, 6) is 0. The normalized spacial score (nSPS) is 12.9. The van der Waals surface area contributed by atoms with E-state index in [0.29, 0.717) is 5.69 Å². The van der Waals surface area contributed by atoms with Gasteiger partial charge in [-0.2, -0.15) is 0 Å². The molecule has 0 aliphatic rings. The number of imidazole rings is 1. The Morgan fingerprint density at radius 3 is 2.08 bits per heavy atom. The van der Waals surface area contributed by atoms with Crippen molar-refractivity contribution in [2.24, 2.45) is 0 Å². The van der Waals surface area contributed by atoms with Crippen LogP contribution in [0.1, 0.15) is 37.7 Å². The summed E-state index contributed by atoms with van der Waals surface area (Å²) in [7, 11) is 0. The third-order valence-electron chi connectivity index (χ3n) is 3.80. The van der Waals surface area contributed by atoms with Gasteiger partial charge in [-0.25, -0.2) is 4.98 Å². The monoisotopic (exact) mass is 416 g/mol. The SMILES string of the molecule is Br.CC(C)(C)c1[nH]cnc1/C=c1\[nH]c(=O)/c(=C/c2ccccc2)[nH]c1=O. The van der Waals surface area contributed by atoms with Crippen LogP contribution in [-0.2, 0) is 5.41 Å². The van der Waals surface area contributed by atoms with Crippen LogP contribution in [0.2, 0.25) is 0 Å². The van der Waals surface area contributed by atoms with Gasteiger partial charge in [0.2, 0.25) is 0 Å². The van der Waals surface area contributed by atoms with Gasteiger partial charge in [-0.3, -0.25) is 9.59 Å². The van der Waals surface area contributed by atoms with E-state index in [0.717, 1.165) is 11.3 Å². The summed E-state index contributed by atoms with van der Waals surface area (Å²) in [4.78, 5) is 37.3. The molecule has 6 nitrogen and oxygen atoms in total. The molecule has 3 N–H and O–H groups in total. The van der Waals surface area contributed by atoms with Gasteiger partial charge in [0.15, 0.2) is 0 Å². The van der Waals surface area contributed by atoms with Crippen molar-refractivity contribution in [3.05, 3.63) is 85.0 Å². The molecule has 0 atom stereocenters. The molecule has 0 bridgehead atoms. The van der Waals surface area contributed by atoms with Crippen molar-refractivity contribution in [1.82, 2.24) is 19.9 Å². The molecule has 26 heavy (non-hydrogen) atoms. The Kier molecular flexibility index (Phi) is 5.82. The van der Waals surface area contributed by atoms with E-state index in [2.05, 4.69) is 19.9 Å². The molecule has 0 unspecified atom stereocenters. The third kappa shape index (κ3) is 4.29. The molecule has 0 saturated carbocycles. The summed E-state index contributed by atoms with van der Waals surface area (Å²) in [5, 5.41) is 0.388. The molecule has 0 fully saturated rings. The minimum atomic E-state index is -0.371. The molecule has 0 amide bonds. The molecule has 0 spiro atoms. The average Bonchev–Trinajstić information content (AvgIpc) is 3.02. The summed E-state index contributed by atoms with van der Waals surface area (Å²) in [6.07, 6.45) is 4.80. The number of hydrogen-bond acceptors (Lipinski definition) is 3. The van der Waals surface area contributed by atoms with Crippen LogP contribution in [0, 0.1) is 0 Å². The van der Waals surface area contributed by atoms with Gasteiger partial charge in [0, 0.05) is 11.1 Å². The van der Waals surface area contributed by atoms with Gasteiger partial charge >= 0.3 is 0 Å². The van der Waals surface area contributed by atoms with Crippen molar-refractivity contribution in [3.8, 4) is 0 Å². The Balaban J connectivity index is 0.00000243. The second-order valence-electron chi connectivity index (χ2n) is 6.85. The molecular formula is C19H21BrN4O2. The first-order valence-corrected chi connectivity index (χ1v) is 7.99. The first-order valence-electron chi connectivity index (χ1n) is 7.99. The van der Waals surface area contributed by atoms with Gasteiger partial charge in [-0.15, -0.1) is 17.0 Å². The molecule has 0 saturated heterocycles. The number of rotatable bonds is 2. The largest absolute Gasteiger partial charge is 0.348 e. The number of benzene rings is 1. The van der Waals surface area contributed by atoms with E-state index in [-0.39, 0.29) is 44.2 Å². The zero-order valence-electron chi connectivity index (χ0n) is 14.8. The Hall–Kier alpha value is -2.67. The second kappa shape index (κ2) is 7.70. The van der Waals surface area contributed by atoms with E-state index in [1.54, 1.807) is 18.5 Å². The summed E-state index contributed by atoms with van der Waals surface area (Å²) in [5.41, 5.74) is 1.48. The van der Waals surface area contributed by atoms with E-state index >= 15 is 0 Å². The lowest BCUT2D eigenvalue weighted by Gasteiger charge is -2.16. The molecule has 3 aromatic rings. The molecular weight excluding hydrogens is 396 g/mol. The van der Waals surface area contributed by atoms with Crippen LogP contribution in [0.4, 0.5) is 0 Å². The summed E-state index contributed by atoms with van der Waals surface area (Å²) in [6.45, 7) is 6.13. The lowest BCUT2D eigenvalue weighted by atomic mass is 9.90. The Morgan fingerprint density at radius 1 is 0.923 bits per heavy atom. The highest BCUT2D eigenvalue weighted by molar-refractivity contribution is 8.93. The first-order chi connectivity index (χ1) is 11.8. The minimum absolute atomic E-state index is 0. The molecule has 2 heterocycles. The molecule has 0 aliphatic carbocycles. The van der Waals surface area contributed by atoms with Crippen LogP contribution in [0.3, 0.4) is 0 Å². The Labute approximate surface area is 160 Å². The van der Waals surface area contributed by atoms with Gasteiger partial charge in [-0.05, 0) is 17.7 Å². The standard InChI is InChI=1S/C19H20N4O2.BrH/c1-19(2,3)16-13(20-11-21-16)10-15-18(25)22-14(17(24)23-15)9-12-7-5-4-6-8-12;/h4-11H,1-3H3,(H,20,21)(H,22,25)(H,23,24);1H/b14-9-,15-10-;. The first kappa shape index (κ1) is 19.7. The third-order valence-corrected chi connectivity index (χ3v) is 3.80. The summed E-state index contributed by atoms with van der Waals surface area (Å²) >= 11 is 0. The highest BCUT2D eigenvalue weighted by Crippen LogP contribution is 2.22. The number of nitrogens with zero attached hydrogens (tertiary/aromatic N) is 1. The van der Waals surface area contributed by atoms with E-state index in [1.807, 2.05) is 51.1 Å². The fraction of sp³-hybridized carbons (Fsp3) is 0.211. The van der Waals surface area contributed by atoms with Gasteiger partial charge in [0.1, 0.15) is 10.7 Å². The van der Waals surface area contributed by atoms with E-state index in [4.69, 9.17) is 0 Å². The molecule has 3 rings (SSSR count). The van der Waals surface area contributed by atoms with E-state index in [1.165, 1.54) is 0 Å². The van der Waals surface area contributed by atoms with Crippen LogP contribution >= 0.6 is 17.0 Å². The van der Waals surface area contributed by atoms with Crippen LogP contribution in [0.5, 0.6) is 0 Å². The van der Waals surface area contributed by atoms with Crippen molar-refractivity contribution in [3.63, 3.8) is 0 Å². The van der Waals surface area contributed by atoms with Crippen molar-refractivity contribution in [2.45, 2.75) is 26.2 Å². The van der Waals surface area contributed by atoms with Crippen molar-refractivity contribution < 1.29 is 0 Å². The maximum Gasteiger partial charge on any atom is 0.272 e. The predicted molar refractivity (Wildman–Crippen MR) is 108 cm³/mol. The topological polar surface area (TPSA) is 94.4 Å². The zero-order chi connectivity index (χ0) is 18.0. The quantitative estimate of drug-likeness (QED) is 0.587. The fourth-order valence-corrected chi connectivity index (χ4v) is 2.56. The number of aromatic amines is 3. The van der Waals surface area contributed by atoms with E-state index in [9.17, 15) is 9.59 Å². The molecule has 0 aliphatic heterocycles. The van der Waals surface area contributed by atoms with E-state index < -0.39 is 0 Å². The Bertz CT molecular complexity index is 1120. The highest BCUT2D eigenvalue weighted by Gasteiger charge is 2.19. The van der Waals surface area contributed by atoms with Crippen molar-refractivity contribution >= 4 is 29.1 Å². The van der Waals surface area contributed by atoms with Crippen LogP contribution < -0.4 is 21.8 Å². The van der Waals surface area contributed by atoms with Crippen molar-refractivity contribution in [2.75, 3.05) is 0 Å². The van der Waals surface area contributed by atoms with Gasteiger partial charge in [0.25, 0.3) is 11.1 Å². The minimum Gasteiger partial charge on any atom is -0.348 e. The fourth-order valence-electron chi connectivity index (χ4n) is 2.56. The summed E-state index contributed by atoms with van der Waals surface area (Å²) < 4.78 is 0. The Morgan fingerprint density at radius 2 is 1.50 bits per heavy atom. The van der Waals surface area contributed by atoms with Crippen molar-refractivity contribution in [1.29, 1.82) is 0 Å². The average molecular weight is 417 g/mol. The van der Waals surface area contributed by atoms with Gasteiger partial charge in [-0.1, -0.05) is 51.1 Å². The molecule has 1 aromatic carbocycles. The summed E-state index contributed by atoms with van der Waals surface area (Å²) in [6, 6.07) is 9.34. The zero-order valence-corrected chi connectivity index (χ0v) is 16.5. The molecule has 136 valence electrons. The number of halogens is 1. The lowest BCUT2D eigenvalue weighted by Crippen LogP contribution is -2.46. The van der Waals surface area contributed by atoms with Gasteiger partial charge < -0.3 is 15.0 Å². The van der Waals surface area contributed by atoms with Crippen LogP contribution in [-0.4, -0.2) is 19.9 Å². The maximum absolute atomic E-state index is 12.4.